The van der Waals surface area contributed by atoms with Crippen molar-refractivity contribution in [2.24, 2.45) is 0 Å². The van der Waals surface area contributed by atoms with Crippen LogP contribution in [0.4, 0.5) is 10.8 Å². The molecular weight excluding hydrogens is 324 g/mol. The Morgan fingerprint density at radius 1 is 1.43 bits per heavy atom. The Balaban J connectivity index is 1.72. The van der Waals surface area contributed by atoms with Gasteiger partial charge in [-0.05, 0) is 62.5 Å². The molecule has 124 valence electrons. The lowest BCUT2D eigenvalue weighted by Crippen LogP contribution is -3.15. The van der Waals surface area contributed by atoms with Crippen LogP contribution in [0.3, 0.4) is 0 Å². The summed E-state index contributed by atoms with van der Waals surface area (Å²) in [4.78, 5) is 1.63. The van der Waals surface area contributed by atoms with E-state index >= 15 is 0 Å². The lowest BCUT2D eigenvalue weighted by molar-refractivity contribution is -0.953. The average molecular weight is 350 g/mol. The van der Waals surface area contributed by atoms with Gasteiger partial charge in [0.25, 0.3) is 0 Å². The molecule has 2 atom stereocenters. The summed E-state index contributed by atoms with van der Waals surface area (Å²) in [6.07, 6.45) is 5.25. The number of anilines is 2. The molecule has 1 aromatic carbocycles. The van der Waals surface area contributed by atoms with Gasteiger partial charge in [0, 0.05) is 5.69 Å². The third-order valence-corrected chi connectivity index (χ3v) is 5.82. The molecule has 0 saturated carbocycles. The molecule has 23 heavy (non-hydrogen) atoms. The smallest absolute Gasteiger partial charge is 0.209 e. The van der Waals surface area contributed by atoms with Gasteiger partial charge in [-0.25, -0.2) is 0 Å². The number of aromatic nitrogens is 2. The molecule has 0 radical (unpaired) electrons. The van der Waals surface area contributed by atoms with E-state index in [1.54, 1.807) is 16.2 Å². The van der Waals surface area contributed by atoms with E-state index in [9.17, 15) is 0 Å². The summed E-state index contributed by atoms with van der Waals surface area (Å²) >= 11 is 7.08. The van der Waals surface area contributed by atoms with E-state index in [4.69, 9.17) is 17.3 Å². The fourth-order valence-corrected chi connectivity index (χ4v) is 4.37. The van der Waals surface area contributed by atoms with Crippen LogP contribution in [0.2, 0.25) is 0 Å². The van der Waals surface area contributed by atoms with E-state index in [2.05, 4.69) is 43.4 Å². The highest BCUT2D eigenvalue weighted by Gasteiger charge is 2.25. The van der Waals surface area contributed by atoms with Gasteiger partial charge in [0.15, 0.2) is 10.6 Å². The highest BCUT2D eigenvalue weighted by atomic mass is 32.1. The van der Waals surface area contributed by atoms with E-state index in [0.29, 0.717) is 0 Å². The predicted molar refractivity (Wildman–Crippen MR) is 99.2 cm³/mol. The highest BCUT2D eigenvalue weighted by molar-refractivity contribution is 7.73. The molecule has 1 aliphatic heterocycles. The first-order chi connectivity index (χ1) is 11.2. The number of nitrogens with zero attached hydrogens (tertiary/aromatic N) is 2. The summed E-state index contributed by atoms with van der Waals surface area (Å²) in [5, 5.41) is 8.96. The largest absolute Gasteiger partial charge is 0.330 e. The Labute approximate surface area is 147 Å². The maximum Gasteiger partial charge on any atom is 0.209 e. The van der Waals surface area contributed by atoms with Crippen molar-refractivity contribution >= 4 is 34.4 Å². The molecule has 2 heterocycles. The highest BCUT2D eigenvalue weighted by Crippen LogP contribution is 2.20. The Kier molecular flexibility index (Phi) is 5.46. The fraction of sp³-hybridized carbons (Fsp3) is 0.529. The second-order valence-corrected chi connectivity index (χ2v) is 7.96. The van der Waals surface area contributed by atoms with Gasteiger partial charge in [0.1, 0.15) is 0 Å². The van der Waals surface area contributed by atoms with Crippen molar-refractivity contribution in [3.8, 4) is 0 Å². The zero-order valence-electron chi connectivity index (χ0n) is 13.8. The molecule has 0 spiro atoms. The molecule has 2 N–H and O–H groups in total. The zero-order chi connectivity index (χ0) is 16.2. The summed E-state index contributed by atoms with van der Waals surface area (Å²) in [7, 11) is 0. The number of hydrogen-bond donors (Lipinski definition) is 2. The van der Waals surface area contributed by atoms with Crippen LogP contribution < -0.4 is 10.2 Å². The number of hydrogen-bond acceptors (Lipinski definition) is 4. The molecule has 1 aliphatic rings. The molecule has 0 amide bonds. The quantitative estimate of drug-likeness (QED) is 0.811. The summed E-state index contributed by atoms with van der Waals surface area (Å²) < 4.78 is 2.86. The minimum absolute atomic E-state index is 0.750. The molecule has 1 saturated heterocycles. The molecule has 0 bridgehead atoms. The molecule has 2 aromatic rings. The number of likely N-dealkylation sites (tertiary alicyclic amines) is 1. The second-order valence-electron chi connectivity index (χ2n) is 6.33. The molecule has 3 rings (SSSR count). The maximum absolute atomic E-state index is 5.52. The number of nitrogens with one attached hydrogen (secondary N) is 2. The number of quaternary nitrogens is 1. The molecule has 1 fully saturated rings. The monoisotopic (exact) mass is 349 g/mol. The lowest BCUT2D eigenvalue weighted by Gasteiger charge is -2.31. The lowest BCUT2D eigenvalue weighted by atomic mass is 10.0. The number of piperidine rings is 1. The standard InChI is InChI=1S/C17H24N4S2/c1-3-15-9-4-5-10-20(15)12-21-17(22)23-16(19-21)18-14-8-6-7-13(2)11-14/h6-8,11,15H,3-5,9-10,12H2,1-2H3,(H,18,19)/p+1/t15-/m0/s1. The Morgan fingerprint density at radius 3 is 3.09 bits per heavy atom. The van der Waals surface area contributed by atoms with Crippen molar-refractivity contribution < 1.29 is 4.90 Å². The molecule has 1 unspecified atom stereocenters. The third-order valence-electron chi connectivity index (χ3n) is 4.60. The first kappa shape index (κ1) is 16.6. The fourth-order valence-electron chi connectivity index (χ4n) is 3.35. The van der Waals surface area contributed by atoms with Gasteiger partial charge in [-0.2, -0.15) is 4.68 Å². The summed E-state index contributed by atoms with van der Waals surface area (Å²) in [6.45, 7) is 6.51. The molecular formula is C17H25N4S2+. The molecule has 6 heteroatoms. The SMILES string of the molecule is CC[C@H]1CCCC[NH+]1Cn1nc(Nc2cccc(C)c2)sc1=S. The number of benzene rings is 1. The van der Waals surface area contributed by atoms with Crippen LogP contribution in [0.5, 0.6) is 0 Å². The predicted octanol–water partition coefficient (Wildman–Crippen LogP) is 3.53. The van der Waals surface area contributed by atoms with Crippen molar-refractivity contribution in [3.63, 3.8) is 0 Å². The van der Waals surface area contributed by atoms with E-state index < -0.39 is 0 Å². The number of rotatable bonds is 5. The van der Waals surface area contributed by atoms with Gasteiger partial charge in [0.05, 0.1) is 12.6 Å². The Bertz CT molecular complexity index is 707. The Morgan fingerprint density at radius 2 is 2.30 bits per heavy atom. The number of aryl methyl sites for hydroxylation is 1. The third kappa shape index (κ3) is 4.19. The summed E-state index contributed by atoms with van der Waals surface area (Å²) in [6, 6.07) is 9.08. The van der Waals surface area contributed by atoms with Gasteiger partial charge in [-0.3, -0.25) is 0 Å². The van der Waals surface area contributed by atoms with Crippen molar-refractivity contribution in [3.05, 3.63) is 33.8 Å². The summed E-state index contributed by atoms with van der Waals surface area (Å²) in [5.74, 6) is 0. The van der Waals surface area contributed by atoms with Crippen molar-refractivity contribution in [1.29, 1.82) is 0 Å². The van der Waals surface area contributed by atoms with Crippen LogP contribution in [0, 0.1) is 10.9 Å². The average Bonchev–Trinajstić information content (AvgIpc) is 2.87. The topological polar surface area (TPSA) is 34.3 Å². The molecule has 4 nitrogen and oxygen atoms in total. The van der Waals surface area contributed by atoms with E-state index in [-0.39, 0.29) is 0 Å². The first-order valence-electron chi connectivity index (χ1n) is 8.42. The minimum atomic E-state index is 0.750. The van der Waals surface area contributed by atoms with E-state index in [1.807, 2.05) is 4.68 Å². The van der Waals surface area contributed by atoms with Crippen molar-refractivity contribution in [2.75, 3.05) is 11.9 Å². The van der Waals surface area contributed by atoms with Gasteiger partial charge in [0.2, 0.25) is 5.13 Å². The van der Waals surface area contributed by atoms with Crippen LogP contribution in [0.25, 0.3) is 0 Å². The van der Waals surface area contributed by atoms with Crippen LogP contribution in [-0.2, 0) is 6.67 Å². The van der Waals surface area contributed by atoms with Crippen LogP contribution in [0.15, 0.2) is 24.3 Å². The van der Waals surface area contributed by atoms with Gasteiger partial charge >= 0.3 is 0 Å². The van der Waals surface area contributed by atoms with Gasteiger partial charge in [-0.15, -0.1) is 5.10 Å². The molecule has 1 aromatic heterocycles. The summed E-state index contributed by atoms with van der Waals surface area (Å²) in [5.41, 5.74) is 2.30. The Hall–Kier alpha value is -1.24. The second kappa shape index (κ2) is 7.55. The van der Waals surface area contributed by atoms with Crippen LogP contribution in [-0.4, -0.2) is 22.4 Å². The van der Waals surface area contributed by atoms with E-state index in [0.717, 1.165) is 27.5 Å². The van der Waals surface area contributed by atoms with Crippen LogP contribution >= 0.6 is 23.6 Å². The van der Waals surface area contributed by atoms with Crippen molar-refractivity contribution in [1.82, 2.24) is 9.78 Å². The normalized spacial score (nSPS) is 21.3. The van der Waals surface area contributed by atoms with Crippen molar-refractivity contribution in [2.45, 2.75) is 52.2 Å². The van der Waals surface area contributed by atoms with Crippen LogP contribution in [0.1, 0.15) is 38.2 Å². The first-order valence-corrected chi connectivity index (χ1v) is 9.64. The van der Waals surface area contributed by atoms with E-state index in [1.165, 1.54) is 37.8 Å². The zero-order valence-corrected chi connectivity index (χ0v) is 15.5. The molecule has 0 aliphatic carbocycles. The van der Waals surface area contributed by atoms with Gasteiger partial charge in [-0.1, -0.05) is 30.4 Å². The van der Waals surface area contributed by atoms with Gasteiger partial charge < -0.3 is 10.2 Å². The maximum atomic E-state index is 5.52. The minimum Gasteiger partial charge on any atom is -0.330 e.